The van der Waals surface area contributed by atoms with E-state index in [0.717, 1.165) is 17.8 Å². The molecule has 1 aliphatic rings. The fourth-order valence-corrected chi connectivity index (χ4v) is 4.54. The summed E-state index contributed by atoms with van der Waals surface area (Å²) in [6.07, 6.45) is 6.58. The van der Waals surface area contributed by atoms with Crippen LogP contribution in [0.3, 0.4) is 0 Å². The Morgan fingerprint density at radius 3 is 2.63 bits per heavy atom. The third-order valence-corrected chi connectivity index (χ3v) is 6.48. The highest BCUT2D eigenvalue weighted by Crippen LogP contribution is 2.43. The van der Waals surface area contributed by atoms with E-state index >= 15 is 0 Å². The Bertz CT molecular complexity index is 245. The van der Waals surface area contributed by atoms with Gasteiger partial charge in [0, 0.05) is 25.0 Å². The van der Waals surface area contributed by atoms with Crippen molar-refractivity contribution in [3.63, 3.8) is 0 Å². The fraction of sp³-hybridized carbons (Fsp3) is 1.00. The molecular formula is C16H33NOS. The lowest BCUT2D eigenvalue weighted by Crippen LogP contribution is -2.43. The first-order valence-electron chi connectivity index (χ1n) is 7.83. The Balaban J connectivity index is 2.49. The molecule has 1 N–H and O–H groups in total. The van der Waals surface area contributed by atoms with E-state index in [-0.39, 0.29) is 0 Å². The molecule has 2 nitrogen and oxygen atoms in total. The van der Waals surface area contributed by atoms with Crippen molar-refractivity contribution in [3.05, 3.63) is 0 Å². The Morgan fingerprint density at radius 1 is 1.32 bits per heavy atom. The molecule has 3 heteroatoms. The highest BCUT2D eigenvalue weighted by molar-refractivity contribution is 7.99. The number of hydrogen-bond acceptors (Lipinski definition) is 3. The minimum Gasteiger partial charge on any atom is -0.385 e. The van der Waals surface area contributed by atoms with Gasteiger partial charge in [-0.05, 0) is 49.8 Å². The van der Waals surface area contributed by atoms with Gasteiger partial charge in [0.1, 0.15) is 0 Å². The topological polar surface area (TPSA) is 21.3 Å². The van der Waals surface area contributed by atoms with Gasteiger partial charge in [0.2, 0.25) is 0 Å². The van der Waals surface area contributed by atoms with Gasteiger partial charge >= 0.3 is 0 Å². The van der Waals surface area contributed by atoms with Gasteiger partial charge in [-0.1, -0.05) is 27.2 Å². The maximum absolute atomic E-state index is 5.15. The summed E-state index contributed by atoms with van der Waals surface area (Å²) in [6, 6.07) is 0.705. The third kappa shape index (κ3) is 5.28. The Kier molecular flexibility index (Phi) is 7.78. The van der Waals surface area contributed by atoms with Crippen LogP contribution in [0.5, 0.6) is 0 Å². The average molecular weight is 288 g/mol. The molecule has 0 aliphatic heterocycles. The molecule has 0 aromatic heterocycles. The van der Waals surface area contributed by atoms with Crippen molar-refractivity contribution in [3.8, 4) is 0 Å². The van der Waals surface area contributed by atoms with E-state index in [2.05, 4.69) is 44.9 Å². The molecule has 0 aromatic carbocycles. The summed E-state index contributed by atoms with van der Waals surface area (Å²) in [6.45, 7) is 8.13. The molecule has 1 aliphatic carbocycles. The fourth-order valence-electron chi connectivity index (χ4n) is 3.08. The molecular weight excluding hydrogens is 254 g/mol. The van der Waals surface area contributed by atoms with Gasteiger partial charge in [0.25, 0.3) is 0 Å². The first-order valence-corrected chi connectivity index (χ1v) is 8.87. The zero-order valence-electron chi connectivity index (χ0n) is 13.5. The van der Waals surface area contributed by atoms with E-state index in [1.54, 1.807) is 7.11 Å². The Labute approximate surface area is 124 Å². The Morgan fingerprint density at radius 2 is 2.05 bits per heavy atom. The van der Waals surface area contributed by atoms with Crippen molar-refractivity contribution in [2.24, 2.45) is 11.3 Å². The lowest BCUT2D eigenvalue weighted by atomic mass is 9.68. The second kappa shape index (κ2) is 8.53. The van der Waals surface area contributed by atoms with Crippen LogP contribution in [0.1, 0.15) is 52.9 Å². The highest BCUT2D eigenvalue weighted by Gasteiger charge is 2.36. The maximum atomic E-state index is 5.15. The second-order valence-corrected chi connectivity index (χ2v) is 7.85. The minimum atomic E-state index is 0.504. The van der Waals surface area contributed by atoms with E-state index in [1.165, 1.54) is 37.9 Å². The van der Waals surface area contributed by atoms with Crippen molar-refractivity contribution in [2.45, 2.75) is 64.2 Å². The highest BCUT2D eigenvalue weighted by atomic mass is 32.2. The predicted molar refractivity (Wildman–Crippen MR) is 87.0 cm³/mol. The minimum absolute atomic E-state index is 0.504. The number of nitrogens with one attached hydrogen (secondary N) is 1. The largest absolute Gasteiger partial charge is 0.385 e. The molecule has 0 aromatic rings. The molecule has 3 unspecified atom stereocenters. The van der Waals surface area contributed by atoms with Crippen molar-refractivity contribution < 1.29 is 4.74 Å². The molecule has 0 bridgehead atoms. The third-order valence-electron chi connectivity index (χ3n) is 5.00. The molecule has 19 heavy (non-hydrogen) atoms. The monoisotopic (exact) mass is 287 g/mol. The zero-order valence-corrected chi connectivity index (χ0v) is 14.3. The van der Waals surface area contributed by atoms with Crippen molar-refractivity contribution in [1.82, 2.24) is 5.32 Å². The summed E-state index contributed by atoms with van der Waals surface area (Å²) in [5, 5.41) is 4.32. The number of methoxy groups -OCH3 is 1. The first kappa shape index (κ1) is 17.3. The second-order valence-electron chi connectivity index (χ2n) is 6.50. The predicted octanol–water partition coefficient (Wildman–Crippen LogP) is 3.95. The van der Waals surface area contributed by atoms with Crippen LogP contribution in [0.25, 0.3) is 0 Å². The Hall–Kier alpha value is 0.270. The van der Waals surface area contributed by atoms with E-state index in [9.17, 15) is 0 Å². The number of rotatable bonds is 8. The van der Waals surface area contributed by atoms with Gasteiger partial charge in [-0.3, -0.25) is 0 Å². The van der Waals surface area contributed by atoms with E-state index in [0.29, 0.717) is 11.5 Å². The van der Waals surface area contributed by atoms with Crippen LogP contribution >= 0.6 is 11.8 Å². The lowest BCUT2D eigenvalue weighted by Gasteiger charge is -2.43. The van der Waals surface area contributed by atoms with Gasteiger partial charge in [-0.15, -0.1) is 0 Å². The molecule has 3 atom stereocenters. The summed E-state index contributed by atoms with van der Waals surface area (Å²) >= 11 is 2.16. The first-order chi connectivity index (χ1) is 9.05. The summed E-state index contributed by atoms with van der Waals surface area (Å²) < 4.78 is 5.15. The van der Waals surface area contributed by atoms with Crippen LogP contribution in [-0.2, 0) is 4.74 Å². The lowest BCUT2D eigenvalue weighted by molar-refractivity contribution is 0.142. The summed E-state index contributed by atoms with van der Waals surface area (Å²) in [4.78, 5) is 0. The van der Waals surface area contributed by atoms with Gasteiger partial charge in [-0.2, -0.15) is 11.8 Å². The standard InChI is InChI=1S/C16H33NOS/c1-6-16(2,3)13-8-9-14(17-4)15(12-13)19-11-7-10-18-5/h13-15,17H,6-12H2,1-5H3. The van der Waals surface area contributed by atoms with E-state index < -0.39 is 0 Å². The summed E-state index contributed by atoms with van der Waals surface area (Å²) in [7, 11) is 3.92. The molecule has 1 rings (SSSR count). The maximum Gasteiger partial charge on any atom is 0.0470 e. The molecule has 0 spiro atoms. The number of ether oxygens (including phenoxy) is 1. The quantitative estimate of drug-likeness (QED) is 0.683. The van der Waals surface area contributed by atoms with Crippen LogP contribution in [-0.4, -0.2) is 37.8 Å². The number of hydrogen-bond donors (Lipinski definition) is 1. The van der Waals surface area contributed by atoms with Crippen molar-refractivity contribution in [1.29, 1.82) is 0 Å². The molecule has 0 amide bonds. The van der Waals surface area contributed by atoms with Gasteiger partial charge in [0.15, 0.2) is 0 Å². The molecule has 1 fully saturated rings. The molecule has 0 saturated heterocycles. The SMILES string of the molecule is CCC(C)(C)C1CCC(NC)C(SCCCOC)C1. The van der Waals surface area contributed by atoms with Crippen LogP contribution in [0.2, 0.25) is 0 Å². The van der Waals surface area contributed by atoms with Gasteiger partial charge < -0.3 is 10.1 Å². The van der Waals surface area contributed by atoms with Crippen LogP contribution in [0.4, 0.5) is 0 Å². The smallest absolute Gasteiger partial charge is 0.0470 e. The van der Waals surface area contributed by atoms with Crippen LogP contribution < -0.4 is 5.32 Å². The molecule has 0 heterocycles. The van der Waals surface area contributed by atoms with Crippen LogP contribution in [0.15, 0.2) is 0 Å². The summed E-state index contributed by atoms with van der Waals surface area (Å²) in [5.74, 6) is 2.12. The van der Waals surface area contributed by atoms with E-state index in [4.69, 9.17) is 4.74 Å². The van der Waals surface area contributed by atoms with E-state index in [1.807, 2.05) is 0 Å². The van der Waals surface area contributed by atoms with Gasteiger partial charge in [-0.25, -0.2) is 0 Å². The molecule has 1 saturated carbocycles. The van der Waals surface area contributed by atoms with Crippen molar-refractivity contribution in [2.75, 3.05) is 26.5 Å². The van der Waals surface area contributed by atoms with Gasteiger partial charge in [0.05, 0.1) is 0 Å². The zero-order chi connectivity index (χ0) is 14.3. The normalized spacial score (nSPS) is 28.6. The number of thioether (sulfide) groups is 1. The van der Waals surface area contributed by atoms with Crippen LogP contribution in [0, 0.1) is 11.3 Å². The molecule has 114 valence electrons. The summed E-state index contributed by atoms with van der Waals surface area (Å²) in [5.41, 5.74) is 0.504. The van der Waals surface area contributed by atoms with Crippen molar-refractivity contribution >= 4 is 11.8 Å². The average Bonchev–Trinajstić information content (AvgIpc) is 2.43. The molecule has 0 radical (unpaired) electrons.